The van der Waals surface area contributed by atoms with E-state index in [4.69, 9.17) is 26.4 Å². The van der Waals surface area contributed by atoms with Gasteiger partial charge in [-0.2, -0.15) is 5.10 Å². The lowest BCUT2D eigenvalue weighted by Gasteiger charge is -2.13. The van der Waals surface area contributed by atoms with Gasteiger partial charge in [0, 0.05) is 18.7 Å². The van der Waals surface area contributed by atoms with Gasteiger partial charge in [-0.05, 0) is 19.1 Å². The van der Waals surface area contributed by atoms with Crippen LogP contribution in [0.25, 0.3) is 10.7 Å². The monoisotopic (exact) mass is 447 g/mol. The number of rotatable bonds is 8. The fourth-order valence-corrected chi connectivity index (χ4v) is 3.98. The number of nitrogens with zero attached hydrogens (tertiary/aromatic N) is 3. The number of allylic oxidation sites excluding steroid dienone is 1. The lowest BCUT2D eigenvalue weighted by atomic mass is 10.1. The summed E-state index contributed by atoms with van der Waals surface area (Å²) in [4.78, 5) is 18.2. The summed E-state index contributed by atoms with van der Waals surface area (Å²) in [6.07, 6.45) is 1.73. The van der Waals surface area contributed by atoms with Gasteiger partial charge in [0.25, 0.3) is 5.91 Å². The van der Waals surface area contributed by atoms with Gasteiger partial charge >= 0.3 is 0 Å². The standard InChI is InChI=1S/C19H21N5O4S2/c1-6-7-24-16(22-23-19(24)29)15-10(2)20-18(30-15)21-17(25)11-8-13(27-4)14(28-5)9-12(11)26-3/h6,8-9H,1,7H2,2-5H3,(H,23,29)(H,20,21,25). The molecule has 11 heteroatoms. The predicted octanol–water partition coefficient (Wildman–Crippen LogP) is 3.84. The van der Waals surface area contributed by atoms with Crippen LogP contribution in [0.5, 0.6) is 17.2 Å². The number of benzene rings is 1. The fraction of sp³-hybridized carbons (Fsp3) is 0.263. The Morgan fingerprint density at radius 2 is 1.93 bits per heavy atom. The molecule has 2 aromatic heterocycles. The molecule has 158 valence electrons. The van der Waals surface area contributed by atoms with Crippen LogP contribution in [0.4, 0.5) is 5.13 Å². The van der Waals surface area contributed by atoms with E-state index >= 15 is 0 Å². The zero-order chi connectivity index (χ0) is 21.8. The van der Waals surface area contributed by atoms with Crippen molar-refractivity contribution in [2.45, 2.75) is 13.5 Å². The summed E-state index contributed by atoms with van der Waals surface area (Å²) in [7, 11) is 4.49. The van der Waals surface area contributed by atoms with Gasteiger partial charge in [-0.25, -0.2) is 4.98 Å². The Balaban J connectivity index is 1.93. The molecule has 0 aliphatic carbocycles. The zero-order valence-electron chi connectivity index (χ0n) is 16.9. The highest BCUT2D eigenvalue weighted by Gasteiger charge is 2.21. The summed E-state index contributed by atoms with van der Waals surface area (Å²) in [6.45, 7) is 6.09. The number of ether oxygens (including phenoxy) is 3. The third-order valence-corrected chi connectivity index (χ3v) is 5.62. The molecule has 30 heavy (non-hydrogen) atoms. The number of carbonyl (C=O) groups is 1. The first-order valence-corrected chi connectivity index (χ1v) is 10.0. The maximum atomic E-state index is 12.9. The maximum Gasteiger partial charge on any atom is 0.261 e. The van der Waals surface area contributed by atoms with E-state index < -0.39 is 5.91 Å². The van der Waals surface area contributed by atoms with Crippen molar-refractivity contribution < 1.29 is 19.0 Å². The van der Waals surface area contributed by atoms with E-state index in [2.05, 4.69) is 27.1 Å². The van der Waals surface area contributed by atoms with E-state index in [0.717, 1.165) is 4.88 Å². The molecular formula is C19H21N5O4S2. The summed E-state index contributed by atoms with van der Waals surface area (Å²) in [5, 5.41) is 10.3. The minimum atomic E-state index is -0.391. The third-order valence-electron chi connectivity index (χ3n) is 4.24. The van der Waals surface area contributed by atoms with Crippen LogP contribution in [0.3, 0.4) is 0 Å². The second-order valence-corrected chi connectivity index (χ2v) is 7.43. The van der Waals surface area contributed by atoms with Gasteiger partial charge in [-0.15, -0.1) is 6.58 Å². The Morgan fingerprint density at radius 1 is 1.27 bits per heavy atom. The third kappa shape index (κ3) is 4.07. The molecule has 0 aliphatic heterocycles. The van der Waals surface area contributed by atoms with E-state index in [-0.39, 0.29) is 0 Å². The number of aryl methyl sites for hydroxylation is 1. The summed E-state index contributed by atoms with van der Waals surface area (Å²) in [5.74, 6) is 1.48. The normalized spacial score (nSPS) is 10.5. The van der Waals surface area contributed by atoms with Crippen molar-refractivity contribution in [3.63, 3.8) is 0 Å². The first kappa shape index (κ1) is 21.5. The fourth-order valence-electron chi connectivity index (χ4n) is 2.82. The minimum absolute atomic E-state index is 0.291. The summed E-state index contributed by atoms with van der Waals surface area (Å²) in [5.41, 5.74) is 1.01. The Labute approximate surface area is 182 Å². The molecule has 3 aromatic rings. The van der Waals surface area contributed by atoms with Crippen molar-refractivity contribution in [1.82, 2.24) is 19.7 Å². The Morgan fingerprint density at radius 3 is 2.57 bits per heavy atom. The molecule has 3 rings (SSSR count). The number of nitrogens with one attached hydrogen (secondary N) is 2. The number of aromatic nitrogens is 4. The summed E-state index contributed by atoms with van der Waals surface area (Å²) >= 11 is 6.57. The molecular weight excluding hydrogens is 426 g/mol. The molecule has 0 fully saturated rings. The number of thiazole rings is 1. The molecule has 1 amide bonds. The van der Waals surface area contributed by atoms with Gasteiger partial charge in [0.05, 0.1) is 37.5 Å². The first-order valence-electron chi connectivity index (χ1n) is 8.78. The molecule has 2 heterocycles. The molecule has 1 aromatic carbocycles. The lowest BCUT2D eigenvalue weighted by molar-refractivity contribution is 0.102. The average Bonchev–Trinajstić information content (AvgIpc) is 3.28. The van der Waals surface area contributed by atoms with Crippen LogP contribution in [0.2, 0.25) is 0 Å². The van der Waals surface area contributed by atoms with Crippen LogP contribution in [0.15, 0.2) is 24.8 Å². The van der Waals surface area contributed by atoms with Gasteiger partial charge in [-0.3, -0.25) is 19.8 Å². The molecule has 0 radical (unpaired) electrons. The quantitative estimate of drug-likeness (QED) is 0.399. The van der Waals surface area contributed by atoms with Gasteiger partial charge < -0.3 is 14.2 Å². The lowest BCUT2D eigenvalue weighted by Crippen LogP contribution is -2.13. The Kier molecular flexibility index (Phi) is 6.53. The number of hydrogen-bond acceptors (Lipinski definition) is 8. The smallest absolute Gasteiger partial charge is 0.261 e. The van der Waals surface area contributed by atoms with Crippen molar-refractivity contribution in [1.29, 1.82) is 0 Å². The number of carbonyl (C=O) groups excluding carboxylic acids is 1. The second-order valence-electron chi connectivity index (χ2n) is 6.05. The number of aromatic amines is 1. The Bertz CT molecular complexity index is 1150. The van der Waals surface area contributed by atoms with E-state index in [0.29, 0.717) is 50.8 Å². The zero-order valence-corrected chi connectivity index (χ0v) is 18.6. The van der Waals surface area contributed by atoms with E-state index in [1.54, 1.807) is 18.2 Å². The van der Waals surface area contributed by atoms with Crippen molar-refractivity contribution in [2.24, 2.45) is 0 Å². The predicted molar refractivity (Wildman–Crippen MR) is 118 cm³/mol. The number of anilines is 1. The van der Waals surface area contributed by atoms with Crippen molar-refractivity contribution >= 4 is 34.6 Å². The molecule has 0 bridgehead atoms. The van der Waals surface area contributed by atoms with Crippen molar-refractivity contribution in [2.75, 3.05) is 26.6 Å². The topological polar surface area (TPSA) is 103 Å². The molecule has 0 atom stereocenters. The van der Waals surface area contributed by atoms with E-state index in [9.17, 15) is 4.79 Å². The van der Waals surface area contributed by atoms with E-state index in [1.807, 2.05) is 11.5 Å². The highest BCUT2D eigenvalue weighted by Crippen LogP contribution is 2.36. The maximum absolute atomic E-state index is 12.9. The first-order chi connectivity index (χ1) is 14.4. The number of methoxy groups -OCH3 is 3. The van der Waals surface area contributed by atoms with Crippen LogP contribution >= 0.6 is 23.6 Å². The SMILES string of the molecule is C=CCn1c(-c2sc(NC(=O)c3cc(OC)c(OC)cc3OC)nc2C)n[nH]c1=S. The molecule has 0 spiro atoms. The largest absolute Gasteiger partial charge is 0.496 e. The van der Waals surface area contributed by atoms with Crippen molar-refractivity contribution in [3.8, 4) is 28.0 Å². The molecule has 0 unspecified atom stereocenters. The van der Waals surface area contributed by atoms with Crippen LogP contribution in [0, 0.1) is 11.7 Å². The number of amides is 1. The molecule has 0 saturated carbocycles. The van der Waals surface area contributed by atoms with E-state index in [1.165, 1.54) is 32.7 Å². The summed E-state index contributed by atoms with van der Waals surface area (Å²) in [6, 6.07) is 3.16. The molecule has 2 N–H and O–H groups in total. The number of H-pyrrole nitrogens is 1. The highest BCUT2D eigenvalue weighted by molar-refractivity contribution is 7.71. The van der Waals surface area contributed by atoms with Gasteiger partial charge in [0.2, 0.25) is 0 Å². The molecule has 0 aliphatic rings. The highest BCUT2D eigenvalue weighted by atomic mass is 32.1. The average molecular weight is 448 g/mol. The van der Waals surface area contributed by atoms with Gasteiger partial charge in [-0.1, -0.05) is 17.4 Å². The molecule has 9 nitrogen and oxygen atoms in total. The van der Waals surface area contributed by atoms with Crippen molar-refractivity contribution in [3.05, 3.63) is 40.8 Å². The Hall–Kier alpha value is -3.18. The second kappa shape index (κ2) is 9.09. The van der Waals surface area contributed by atoms with Crippen LogP contribution in [-0.2, 0) is 6.54 Å². The van der Waals surface area contributed by atoms with Gasteiger partial charge in [0.15, 0.2) is 27.2 Å². The summed E-state index contributed by atoms with van der Waals surface area (Å²) < 4.78 is 18.2. The van der Waals surface area contributed by atoms with Crippen LogP contribution < -0.4 is 19.5 Å². The van der Waals surface area contributed by atoms with Gasteiger partial charge in [0.1, 0.15) is 5.75 Å². The van der Waals surface area contributed by atoms with Crippen LogP contribution in [-0.4, -0.2) is 47.0 Å². The minimum Gasteiger partial charge on any atom is -0.496 e. The number of hydrogen-bond donors (Lipinski definition) is 2. The van der Waals surface area contributed by atoms with Crippen LogP contribution in [0.1, 0.15) is 16.1 Å². The molecule has 0 saturated heterocycles.